The third kappa shape index (κ3) is 5.53. The van der Waals surface area contributed by atoms with Crippen LogP contribution in [0.25, 0.3) is 0 Å². The van der Waals surface area contributed by atoms with Crippen molar-refractivity contribution in [1.82, 2.24) is 9.80 Å². The van der Waals surface area contributed by atoms with Gasteiger partial charge in [-0.15, -0.1) is 0 Å². The van der Waals surface area contributed by atoms with Gasteiger partial charge in [-0.2, -0.15) is 0 Å². The number of hydrogen-bond acceptors (Lipinski definition) is 2. The lowest BCUT2D eigenvalue weighted by Gasteiger charge is -2.33. The van der Waals surface area contributed by atoms with Crippen molar-refractivity contribution >= 4 is 5.91 Å². The van der Waals surface area contributed by atoms with Gasteiger partial charge in [-0.05, 0) is 32.4 Å². The van der Waals surface area contributed by atoms with Crippen molar-refractivity contribution in [3.8, 4) is 0 Å². The predicted molar refractivity (Wildman–Crippen MR) is 74.1 cm³/mol. The summed E-state index contributed by atoms with van der Waals surface area (Å²) in [6.45, 7) is 12.4. The fraction of sp³-hybridized carbons (Fsp3) is 0.929. The first-order valence-electron chi connectivity index (χ1n) is 7.16. The van der Waals surface area contributed by atoms with E-state index in [1.54, 1.807) is 0 Å². The van der Waals surface area contributed by atoms with Crippen molar-refractivity contribution in [3.63, 3.8) is 0 Å². The van der Waals surface area contributed by atoms with Crippen molar-refractivity contribution in [3.05, 3.63) is 0 Å². The Bertz CT molecular complexity index is 206. The molecule has 1 fully saturated rings. The molecule has 3 nitrogen and oxygen atoms in total. The fourth-order valence-corrected chi connectivity index (χ4v) is 2.30. The molecule has 1 rings (SSSR count). The second-order valence-corrected chi connectivity index (χ2v) is 4.49. The Morgan fingerprint density at radius 3 is 2.53 bits per heavy atom. The second kappa shape index (κ2) is 9.46. The standard InChI is InChI=1S/C12H24N2O.C2H6/c1-4-8-13(3)12(15)11-7-6-9-14(5-2)10-11;1-2/h11H,4-10H2,1-3H3;1-2H3. The minimum atomic E-state index is 0.246. The van der Waals surface area contributed by atoms with Crippen LogP contribution >= 0.6 is 0 Å². The molecule has 1 unspecified atom stereocenters. The van der Waals surface area contributed by atoms with Crippen LogP contribution in [0, 0.1) is 5.92 Å². The number of hydrogen-bond donors (Lipinski definition) is 0. The molecule has 0 N–H and O–H groups in total. The van der Waals surface area contributed by atoms with Gasteiger partial charge in [0.1, 0.15) is 0 Å². The van der Waals surface area contributed by atoms with Crippen LogP contribution in [0.3, 0.4) is 0 Å². The summed E-state index contributed by atoms with van der Waals surface area (Å²) < 4.78 is 0. The van der Waals surface area contributed by atoms with Crippen molar-refractivity contribution in [1.29, 1.82) is 0 Å². The smallest absolute Gasteiger partial charge is 0.226 e. The van der Waals surface area contributed by atoms with Gasteiger partial charge in [0.15, 0.2) is 0 Å². The summed E-state index contributed by atoms with van der Waals surface area (Å²) in [7, 11) is 1.93. The van der Waals surface area contributed by atoms with Crippen LogP contribution < -0.4 is 0 Å². The van der Waals surface area contributed by atoms with Gasteiger partial charge in [-0.3, -0.25) is 4.79 Å². The number of rotatable bonds is 4. The molecule has 1 aliphatic rings. The Balaban J connectivity index is 0.00000121. The van der Waals surface area contributed by atoms with Gasteiger partial charge in [0.2, 0.25) is 5.91 Å². The number of carbonyl (C=O) groups excluding carboxylic acids is 1. The van der Waals surface area contributed by atoms with E-state index in [4.69, 9.17) is 0 Å². The normalized spacial score (nSPS) is 20.4. The maximum Gasteiger partial charge on any atom is 0.226 e. The molecule has 17 heavy (non-hydrogen) atoms. The maximum atomic E-state index is 12.0. The molecule has 3 heteroatoms. The molecule has 1 saturated heterocycles. The van der Waals surface area contributed by atoms with E-state index >= 15 is 0 Å². The third-order valence-corrected chi connectivity index (χ3v) is 3.24. The summed E-state index contributed by atoms with van der Waals surface area (Å²) >= 11 is 0. The van der Waals surface area contributed by atoms with Crippen LogP contribution in [0.1, 0.15) is 47.0 Å². The van der Waals surface area contributed by atoms with Gasteiger partial charge < -0.3 is 9.80 Å². The molecule has 102 valence electrons. The Morgan fingerprint density at radius 1 is 1.35 bits per heavy atom. The van der Waals surface area contributed by atoms with Gasteiger partial charge in [0.05, 0.1) is 5.92 Å². The topological polar surface area (TPSA) is 23.6 Å². The predicted octanol–water partition coefficient (Wildman–Crippen LogP) is 2.61. The first-order valence-corrected chi connectivity index (χ1v) is 7.16. The summed E-state index contributed by atoms with van der Waals surface area (Å²) in [5.74, 6) is 0.588. The molecule has 0 aromatic heterocycles. The first kappa shape index (κ1) is 16.4. The Kier molecular flexibility index (Phi) is 9.14. The Hall–Kier alpha value is -0.570. The molecule has 0 aromatic rings. The largest absolute Gasteiger partial charge is 0.345 e. The van der Waals surface area contributed by atoms with E-state index in [0.717, 1.165) is 39.0 Å². The fourth-order valence-electron chi connectivity index (χ4n) is 2.30. The molecule has 0 saturated carbocycles. The first-order chi connectivity index (χ1) is 8.19. The van der Waals surface area contributed by atoms with Crippen molar-refractivity contribution in [2.75, 3.05) is 33.2 Å². The molecular weight excluding hydrogens is 212 g/mol. The van der Waals surface area contributed by atoms with E-state index in [9.17, 15) is 4.79 Å². The lowest BCUT2D eigenvalue weighted by atomic mass is 9.96. The zero-order chi connectivity index (χ0) is 13.3. The summed E-state index contributed by atoms with van der Waals surface area (Å²) in [6, 6.07) is 0. The zero-order valence-corrected chi connectivity index (χ0v) is 12.3. The van der Waals surface area contributed by atoms with Gasteiger partial charge in [0.25, 0.3) is 0 Å². The molecule has 1 heterocycles. The number of likely N-dealkylation sites (tertiary alicyclic amines) is 1. The monoisotopic (exact) mass is 242 g/mol. The SMILES string of the molecule is CC.CCCN(C)C(=O)C1CCCN(CC)C1. The van der Waals surface area contributed by atoms with Gasteiger partial charge in [0, 0.05) is 20.1 Å². The minimum absolute atomic E-state index is 0.246. The number of carbonyl (C=O) groups is 1. The maximum absolute atomic E-state index is 12.0. The average Bonchev–Trinajstić information content (AvgIpc) is 2.40. The van der Waals surface area contributed by atoms with Gasteiger partial charge in [-0.1, -0.05) is 27.7 Å². The highest BCUT2D eigenvalue weighted by molar-refractivity contribution is 5.78. The molecule has 1 atom stereocenters. The van der Waals surface area contributed by atoms with Crippen LogP contribution in [-0.4, -0.2) is 48.9 Å². The number of piperidine rings is 1. The molecule has 0 aliphatic carbocycles. The molecule has 0 spiro atoms. The van der Waals surface area contributed by atoms with E-state index in [2.05, 4.69) is 18.7 Å². The summed E-state index contributed by atoms with van der Waals surface area (Å²) in [6.07, 6.45) is 3.29. The molecule has 0 bridgehead atoms. The van der Waals surface area contributed by atoms with Crippen LogP contribution in [0.4, 0.5) is 0 Å². The molecule has 1 aliphatic heterocycles. The van der Waals surface area contributed by atoms with E-state index in [-0.39, 0.29) is 5.92 Å². The van der Waals surface area contributed by atoms with E-state index in [0.29, 0.717) is 5.91 Å². The van der Waals surface area contributed by atoms with Crippen LogP contribution in [0.15, 0.2) is 0 Å². The van der Waals surface area contributed by atoms with Crippen LogP contribution in [0.2, 0.25) is 0 Å². The van der Waals surface area contributed by atoms with Crippen LogP contribution in [0.5, 0.6) is 0 Å². The Labute approximate surface area is 107 Å². The van der Waals surface area contributed by atoms with Gasteiger partial charge >= 0.3 is 0 Å². The lowest BCUT2D eigenvalue weighted by Crippen LogP contribution is -2.43. The highest BCUT2D eigenvalue weighted by Crippen LogP contribution is 2.18. The highest BCUT2D eigenvalue weighted by atomic mass is 16.2. The van der Waals surface area contributed by atoms with Crippen LogP contribution in [-0.2, 0) is 4.79 Å². The van der Waals surface area contributed by atoms with E-state index < -0.39 is 0 Å². The average molecular weight is 242 g/mol. The summed E-state index contributed by atoms with van der Waals surface area (Å²) in [4.78, 5) is 16.3. The Morgan fingerprint density at radius 2 is 2.00 bits per heavy atom. The third-order valence-electron chi connectivity index (χ3n) is 3.24. The quantitative estimate of drug-likeness (QED) is 0.756. The molecular formula is C14H30N2O. The zero-order valence-electron chi connectivity index (χ0n) is 12.3. The summed E-state index contributed by atoms with van der Waals surface area (Å²) in [5.41, 5.74) is 0. The highest BCUT2D eigenvalue weighted by Gasteiger charge is 2.26. The molecule has 0 radical (unpaired) electrons. The van der Waals surface area contributed by atoms with E-state index in [1.807, 2.05) is 25.8 Å². The summed E-state index contributed by atoms with van der Waals surface area (Å²) in [5, 5.41) is 0. The lowest BCUT2D eigenvalue weighted by molar-refractivity contribution is -0.136. The van der Waals surface area contributed by atoms with Crippen molar-refractivity contribution in [2.24, 2.45) is 5.92 Å². The number of amides is 1. The van der Waals surface area contributed by atoms with E-state index in [1.165, 1.54) is 6.42 Å². The molecule has 0 aromatic carbocycles. The minimum Gasteiger partial charge on any atom is -0.345 e. The van der Waals surface area contributed by atoms with Crippen molar-refractivity contribution in [2.45, 2.75) is 47.0 Å². The van der Waals surface area contributed by atoms with Gasteiger partial charge in [-0.25, -0.2) is 0 Å². The van der Waals surface area contributed by atoms with Crippen molar-refractivity contribution < 1.29 is 4.79 Å². The number of nitrogens with zero attached hydrogens (tertiary/aromatic N) is 2. The molecule has 1 amide bonds. The second-order valence-electron chi connectivity index (χ2n) is 4.49.